The van der Waals surface area contributed by atoms with Crippen molar-refractivity contribution in [1.29, 1.82) is 0 Å². The lowest BCUT2D eigenvalue weighted by atomic mass is 10.2. The molecule has 4 heteroatoms. The first-order chi connectivity index (χ1) is 7.18. The highest BCUT2D eigenvalue weighted by Crippen LogP contribution is 2.27. The van der Waals surface area contributed by atoms with Crippen molar-refractivity contribution in [2.75, 3.05) is 0 Å². The Hall–Kier alpha value is -1.29. The van der Waals surface area contributed by atoms with Crippen molar-refractivity contribution in [3.63, 3.8) is 0 Å². The Kier molecular flexibility index (Phi) is 2.77. The first-order valence-electron chi connectivity index (χ1n) is 4.74. The summed E-state index contributed by atoms with van der Waals surface area (Å²) in [7, 11) is 0. The number of nitrogens with zero attached hydrogens (tertiary/aromatic N) is 1. The summed E-state index contributed by atoms with van der Waals surface area (Å²) in [6.45, 7) is 2.14. The van der Waals surface area contributed by atoms with Crippen LogP contribution in [-0.2, 0) is 11.3 Å². The van der Waals surface area contributed by atoms with Gasteiger partial charge in [0.25, 0.3) is 5.24 Å². The maximum atomic E-state index is 11.6. The molecule has 1 aliphatic heterocycles. The largest absolute Gasteiger partial charge is 0.289 e. The van der Waals surface area contributed by atoms with Gasteiger partial charge in [-0.1, -0.05) is 42.1 Å². The summed E-state index contributed by atoms with van der Waals surface area (Å²) in [5.41, 5.74) is 0.980. The first-order valence-corrected chi connectivity index (χ1v) is 5.62. The van der Waals surface area contributed by atoms with E-state index in [1.807, 2.05) is 30.3 Å². The van der Waals surface area contributed by atoms with Gasteiger partial charge in [0.1, 0.15) is 0 Å². The molecule has 1 aromatic rings. The Balaban J connectivity index is 2.13. The van der Waals surface area contributed by atoms with Crippen LogP contribution in [-0.4, -0.2) is 21.3 Å². The average Bonchev–Trinajstić information content (AvgIpc) is 2.47. The molecule has 78 valence electrons. The summed E-state index contributed by atoms with van der Waals surface area (Å²) < 4.78 is 0. The molecule has 1 aromatic carbocycles. The Morgan fingerprint density at radius 3 is 2.47 bits per heavy atom. The van der Waals surface area contributed by atoms with E-state index in [-0.39, 0.29) is 16.4 Å². The molecule has 2 amide bonds. The van der Waals surface area contributed by atoms with Crippen LogP contribution in [0.3, 0.4) is 0 Å². The minimum Gasteiger partial charge on any atom is -0.273 e. The lowest BCUT2D eigenvalue weighted by Gasteiger charge is -2.12. The third-order valence-corrected chi connectivity index (χ3v) is 3.27. The maximum absolute atomic E-state index is 11.6. The molecule has 0 radical (unpaired) electrons. The maximum Gasteiger partial charge on any atom is 0.289 e. The number of thioether (sulfide) groups is 1. The SMILES string of the molecule is CC1SC(=O)N(Cc2ccccc2)C1=O. The van der Waals surface area contributed by atoms with Crippen LogP contribution >= 0.6 is 11.8 Å². The molecule has 1 aliphatic rings. The summed E-state index contributed by atoms with van der Waals surface area (Å²) >= 11 is 1.09. The zero-order valence-corrected chi connectivity index (χ0v) is 9.16. The molecule has 1 saturated heterocycles. The van der Waals surface area contributed by atoms with E-state index < -0.39 is 0 Å². The highest BCUT2D eigenvalue weighted by Gasteiger charge is 2.36. The van der Waals surface area contributed by atoms with E-state index in [1.54, 1.807) is 6.92 Å². The van der Waals surface area contributed by atoms with E-state index in [1.165, 1.54) is 4.90 Å². The van der Waals surface area contributed by atoms with Crippen molar-refractivity contribution in [2.24, 2.45) is 0 Å². The molecule has 0 aliphatic carbocycles. The van der Waals surface area contributed by atoms with Gasteiger partial charge < -0.3 is 0 Å². The fraction of sp³-hybridized carbons (Fsp3) is 0.273. The average molecular weight is 221 g/mol. The number of benzene rings is 1. The molecular weight excluding hydrogens is 210 g/mol. The van der Waals surface area contributed by atoms with Gasteiger partial charge in [-0.15, -0.1) is 0 Å². The summed E-state index contributed by atoms with van der Waals surface area (Å²) in [6.07, 6.45) is 0. The third kappa shape index (κ3) is 2.04. The number of imide groups is 1. The molecule has 0 aromatic heterocycles. The van der Waals surface area contributed by atoms with Crippen LogP contribution in [0.25, 0.3) is 0 Å². The number of carbonyl (C=O) groups is 2. The Morgan fingerprint density at radius 1 is 1.27 bits per heavy atom. The van der Waals surface area contributed by atoms with Crippen molar-refractivity contribution in [2.45, 2.75) is 18.7 Å². The van der Waals surface area contributed by atoms with Gasteiger partial charge in [-0.25, -0.2) is 0 Å². The Morgan fingerprint density at radius 2 is 1.93 bits per heavy atom. The molecule has 3 nitrogen and oxygen atoms in total. The highest BCUT2D eigenvalue weighted by molar-refractivity contribution is 8.15. The molecule has 1 unspecified atom stereocenters. The molecule has 1 heterocycles. The summed E-state index contributed by atoms with van der Waals surface area (Å²) in [5.74, 6) is -0.0890. The van der Waals surface area contributed by atoms with E-state index in [0.717, 1.165) is 17.3 Å². The topological polar surface area (TPSA) is 37.4 Å². The molecule has 1 atom stereocenters. The number of hydrogen-bond donors (Lipinski definition) is 0. The van der Waals surface area contributed by atoms with Crippen LogP contribution in [0.5, 0.6) is 0 Å². The van der Waals surface area contributed by atoms with E-state index in [4.69, 9.17) is 0 Å². The van der Waals surface area contributed by atoms with Crippen LogP contribution in [0.2, 0.25) is 0 Å². The van der Waals surface area contributed by atoms with Gasteiger partial charge in [-0.2, -0.15) is 0 Å². The van der Waals surface area contributed by atoms with Crippen LogP contribution in [0.15, 0.2) is 30.3 Å². The fourth-order valence-corrected chi connectivity index (χ4v) is 2.30. The fourth-order valence-electron chi connectivity index (χ4n) is 1.48. The molecular formula is C11H11NO2S. The Labute approximate surface area is 92.5 Å². The summed E-state index contributed by atoms with van der Waals surface area (Å²) in [5, 5.41) is -0.377. The molecule has 0 bridgehead atoms. The van der Waals surface area contributed by atoms with E-state index in [0.29, 0.717) is 6.54 Å². The van der Waals surface area contributed by atoms with Gasteiger partial charge in [0.2, 0.25) is 5.91 Å². The van der Waals surface area contributed by atoms with Gasteiger partial charge >= 0.3 is 0 Å². The minimum absolute atomic E-state index is 0.0890. The molecule has 2 rings (SSSR count). The second kappa shape index (κ2) is 4.06. The van der Waals surface area contributed by atoms with Crippen molar-refractivity contribution in [3.05, 3.63) is 35.9 Å². The Bertz CT molecular complexity index is 391. The number of rotatable bonds is 2. The minimum atomic E-state index is -0.235. The van der Waals surface area contributed by atoms with E-state index >= 15 is 0 Å². The number of carbonyl (C=O) groups excluding carboxylic acids is 2. The zero-order valence-electron chi connectivity index (χ0n) is 8.34. The van der Waals surface area contributed by atoms with Crippen molar-refractivity contribution in [1.82, 2.24) is 4.90 Å². The molecule has 0 N–H and O–H groups in total. The lowest BCUT2D eigenvalue weighted by molar-refractivity contribution is -0.126. The molecule has 15 heavy (non-hydrogen) atoms. The highest BCUT2D eigenvalue weighted by atomic mass is 32.2. The predicted octanol–water partition coefficient (Wildman–Crippen LogP) is 2.27. The number of amides is 2. The van der Waals surface area contributed by atoms with Crippen molar-refractivity contribution >= 4 is 22.9 Å². The molecule has 0 saturated carbocycles. The van der Waals surface area contributed by atoms with Crippen LogP contribution in [0.4, 0.5) is 4.79 Å². The predicted molar refractivity (Wildman–Crippen MR) is 59.4 cm³/mol. The summed E-state index contributed by atoms with van der Waals surface area (Å²) in [4.78, 5) is 24.4. The number of hydrogen-bond acceptors (Lipinski definition) is 3. The summed E-state index contributed by atoms with van der Waals surface area (Å²) in [6, 6.07) is 9.53. The van der Waals surface area contributed by atoms with Gasteiger partial charge in [-0.05, 0) is 12.5 Å². The van der Waals surface area contributed by atoms with Gasteiger partial charge in [0.15, 0.2) is 0 Å². The smallest absolute Gasteiger partial charge is 0.273 e. The van der Waals surface area contributed by atoms with Gasteiger partial charge in [0, 0.05) is 0 Å². The third-order valence-electron chi connectivity index (χ3n) is 2.30. The van der Waals surface area contributed by atoms with Crippen molar-refractivity contribution in [3.8, 4) is 0 Å². The zero-order chi connectivity index (χ0) is 10.8. The van der Waals surface area contributed by atoms with E-state index in [2.05, 4.69) is 0 Å². The lowest BCUT2D eigenvalue weighted by Crippen LogP contribution is -2.30. The van der Waals surface area contributed by atoms with Crippen LogP contribution in [0.1, 0.15) is 12.5 Å². The second-order valence-corrected chi connectivity index (χ2v) is 4.73. The van der Waals surface area contributed by atoms with Gasteiger partial charge in [0.05, 0.1) is 11.8 Å². The monoisotopic (exact) mass is 221 g/mol. The normalized spacial score (nSPS) is 21.1. The van der Waals surface area contributed by atoms with Gasteiger partial charge in [-0.3, -0.25) is 14.5 Å². The molecule has 1 fully saturated rings. The molecule has 0 spiro atoms. The second-order valence-electron chi connectivity index (χ2n) is 3.44. The van der Waals surface area contributed by atoms with E-state index in [9.17, 15) is 9.59 Å². The van der Waals surface area contributed by atoms with Crippen molar-refractivity contribution < 1.29 is 9.59 Å². The van der Waals surface area contributed by atoms with Crippen LogP contribution < -0.4 is 0 Å². The standard InChI is InChI=1S/C11H11NO2S/c1-8-10(13)12(11(14)15-8)7-9-5-3-2-4-6-9/h2-6,8H,7H2,1H3. The van der Waals surface area contributed by atoms with Crippen LogP contribution in [0, 0.1) is 0 Å². The first kappa shape index (κ1) is 10.2. The quantitative estimate of drug-likeness (QED) is 0.768.